The van der Waals surface area contributed by atoms with Crippen molar-refractivity contribution in [1.29, 1.82) is 0 Å². The van der Waals surface area contributed by atoms with E-state index in [-0.39, 0.29) is 24.3 Å². The van der Waals surface area contributed by atoms with E-state index < -0.39 is 0 Å². The fraction of sp³-hybridized carbons (Fsp3) is 0.357. The smallest absolute Gasteiger partial charge is 0.310 e. The second-order valence-electron chi connectivity index (χ2n) is 4.73. The lowest BCUT2D eigenvalue weighted by molar-refractivity contribution is -0.145. The third kappa shape index (κ3) is 2.64. The predicted octanol–water partition coefficient (Wildman–Crippen LogP) is 1.44. The summed E-state index contributed by atoms with van der Waals surface area (Å²) >= 11 is 0. The van der Waals surface area contributed by atoms with E-state index in [0.717, 1.165) is 10.9 Å². The lowest BCUT2D eigenvalue weighted by Crippen LogP contribution is -2.34. The van der Waals surface area contributed by atoms with Crippen LogP contribution in [0.5, 0.6) is 0 Å². The number of nitrogens with one attached hydrogen (secondary N) is 1. The van der Waals surface area contributed by atoms with Crippen molar-refractivity contribution >= 4 is 22.8 Å². The third-order valence-electron chi connectivity index (χ3n) is 3.17. The number of hydrogen-bond donors (Lipinski definition) is 1. The Morgan fingerprint density at radius 3 is 2.80 bits per heavy atom. The normalized spacial score (nSPS) is 12.2. The summed E-state index contributed by atoms with van der Waals surface area (Å²) in [5.74, 6) is -0.936. The van der Waals surface area contributed by atoms with Crippen LogP contribution >= 0.6 is 0 Å². The number of rotatable bonds is 4. The number of H-pyrrole nitrogens is 1. The largest absolute Gasteiger partial charge is 0.469 e. The monoisotopic (exact) mass is 275 g/mol. The number of carbonyl (C=O) groups excluding carboxylic acids is 2. The minimum Gasteiger partial charge on any atom is -0.469 e. The van der Waals surface area contributed by atoms with Crippen molar-refractivity contribution in [1.82, 2.24) is 15.1 Å². The number of aromatic nitrogens is 2. The predicted molar refractivity (Wildman–Crippen MR) is 74.2 cm³/mol. The lowest BCUT2D eigenvalue weighted by Gasteiger charge is -2.19. The van der Waals surface area contributed by atoms with Crippen molar-refractivity contribution < 1.29 is 14.3 Å². The molecule has 0 bridgehead atoms. The molecule has 2 aromatic rings. The van der Waals surface area contributed by atoms with Gasteiger partial charge >= 0.3 is 5.97 Å². The van der Waals surface area contributed by atoms with Gasteiger partial charge < -0.3 is 9.64 Å². The van der Waals surface area contributed by atoms with Crippen LogP contribution in [0.1, 0.15) is 17.4 Å². The van der Waals surface area contributed by atoms with Gasteiger partial charge in [0.05, 0.1) is 18.5 Å². The van der Waals surface area contributed by atoms with Crippen molar-refractivity contribution in [3.8, 4) is 0 Å². The number of carbonyl (C=O) groups is 2. The number of amides is 1. The molecule has 1 aromatic heterocycles. The summed E-state index contributed by atoms with van der Waals surface area (Å²) in [5.41, 5.74) is 1.17. The average Bonchev–Trinajstić information content (AvgIpc) is 2.89. The van der Waals surface area contributed by atoms with Gasteiger partial charge in [-0.1, -0.05) is 25.1 Å². The Labute approximate surface area is 116 Å². The first-order chi connectivity index (χ1) is 9.54. The Kier molecular flexibility index (Phi) is 4.02. The highest BCUT2D eigenvalue weighted by molar-refractivity contribution is 6.04. The first-order valence-electron chi connectivity index (χ1n) is 6.31. The summed E-state index contributed by atoms with van der Waals surface area (Å²) in [6.45, 7) is 2.00. The van der Waals surface area contributed by atoms with Crippen LogP contribution in [0, 0.1) is 5.92 Å². The van der Waals surface area contributed by atoms with Crippen molar-refractivity contribution in [2.24, 2.45) is 5.92 Å². The molecule has 0 aliphatic heterocycles. The van der Waals surface area contributed by atoms with Crippen LogP contribution in [-0.2, 0) is 9.53 Å². The third-order valence-corrected chi connectivity index (χ3v) is 3.17. The molecule has 0 saturated heterocycles. The van der Waals surface area contributed by atoms with Crippen LogP contribution in [0.25, 0.3) is 10.9 Å². The molecule has 0 radical (unpaired) electrons. The zero-order chi connectivity index (χ0) is 14.7. The average molecular weight is 275 g/mol. The minimum absolute atomic E-state index is 0.224. The van der Waals surface area contributed by atoms with Gasteiger partial charge in [0.15, 0.2) is 5.69 Å². The van der Waals surface area contributed by atoms with Gasteiger partial charge in [-0.2, -0.15) is 5.10 Å². The first-order valence-corrected chi connectivity index (χ1v) is 6.31. The maximum absolute atomic E-state index is 12.4. The summed E-state index contributed by atoms with van der Waals surface area (Å²) in [7, 11) is 2.98. The van der Waals surface area contributed by atoms with E-state index in [2.05, 4.69) is 14.9 Å². The maximum Gasteiger partial charge on any atom is 0.310 e. The van der Waals surface area contributed by atoms with E-state index in [4.69, 9.17) is 0 Å². The number of esters is 1. The van der Waals surface area contributed by atoms with Crippen LogP contribution in [0.2, 0.25) is 0 Å². The summed E-state index contributed by atoms with van der Waals surface area (Å²) in [4.78, 5) is 25.2. The molecule has 1 amide bonds. The highest BCUT2D eigenvalue weighted by atomic mass is 16.5. The molecule has 106 valence electrons. The van der Waals surface area contributed by atoms with Crippen molar-refractivity contribution in [3.63, 3.8) is 0 Å². The standard InChI is InChI=1S/C14H17N3O3/c1-9(14(19)20-3)8-17(2)13(18)12-10-6-4-5-7-11(10)15-16-12/h4-7,9H,8H2,1-3H3,(H,15,16). The zero-order valence-electron chi connectivity index (χ0n) is 11.7. The van der Waals surface area contributed by atoms with Crippen molar-refractivity contribution in [3.05, 3.63) is 30.0 Å². The Balaban J connectivity index is 2.16. The topological polar surface area (TPSA) is 75.3 Å². The minimum atomic E-state index is -0.376. The van der Waals surface area contributed by atoms with E-state index in [9.17, 15) is 9.59 Å². The molecule has 2 rings (SSSR count). The fourth-order valence-corrected chi connectivity index (χ4v) is 2.08. The summed E-state index contributed by atoms with van der Waals surface area (Å²) in [6.07, 6.45) is 0. The highest BCUT2D eigenvalue weighted by Crippen LogP contribution is 2.16. The molecule has 0 spiro atoms. The van der Waals surface area contributed by atoms with E-state index in [1.807, 2.05) is 24.3 Å². The van der Waals surface area contributed by atoms with Crippen molar-refractivity contribution in [2.45, 2.75) is 6.92 Å². The van der Waals surface area contributed by atoms with Crippen LogP contribution in [0.3, 0.4) is 0 Å². The van der Waals surface area contributed by atoms with Gasteiger partial charge in [-0.3, -0.25) is 14.7 Å². The van der Waals surface area contributed by atoms with Gasteiger partial charge in [-0.25, -0.2) is 0 Å². The number of methoxy groups -OCH3 is 1. The zero-order valence-corrected chi connectivity index (χ0v) is 11.7. The van der Waals surface area contributed by atoms with Crippen molar-refractivity contribution in [2.75, 3.05) is 20.7 Å². The molecular weight excluding hydrogens is 258 g/mol. The molecule has 1 N–H and O–H groups in total. The van der Waals surface area contributed by atoms with E-state index in [1.165, 1.54) is 12.0 Å². The summed E-state index contributed by atoms with van der Waals surface area (Å²) in [6, 6.07) is 7.42. The number of hydrogen-bond acceptors (Lipinski definition) is 4. The molecule has 20 heavy (non-hydrogen) atoms. The molecule has 0 aliphatic rings. The number of aromatic amines is 1. The molecule has 1 aromatic carbocycles. The van der Waals surface area contributed by atoms with Gasteiger partial charge in [0.1, 0.15) is 0 Å². The van der Waals surface area contributed by atoms with Crippen LogP contribution < -0.4 is 0 Å². The summed E-state index contributed by atoms with van der Waals surface area (Å²) in [5, 5.41) is 7.65. The van der Waals surface area contributed by atoms with Gasteiger partial charge in [-0.05, 0) is 6.07 Å². The summed E-state index contributed by atoms with van der Waals surface area (Å²) < 4.78 is 4.65. The SMILES string of the molecule is COC(=O)C(C)CN(C)C(=O)c1n[nH]c2ccccc12. The highest BCUT2D eigenvalue weighted by Gasteiger charge is 2.22. The quantitative estimate of drug-likeness (QED) is 0.857. The number of fused-ring (bicyclic) bond motifs is 1. The first kappa shape index (κ1) is 14.0. The fourth-order valence-electron chi connectivity index (χ4n) is 2.08. The Hall–Kier alpha value is -2.37. The maximum atomic E-state index is 12.4. The molecule has 1 unspecified atom stereocenters. The molecule has 0 saturated carbocycles. The molecule has 0 aliphatic carbocycles. The van der Waals surface area contributed by atoms with E-state index >= 15 is 0 Å². The Bertz CT molecular complexity index is 635. The second-order valence-corrected chi connectivity index (χ2v) is 4.73. The van der Waals surface area contributed by atoms with Gasteiger partial charge in [0.25, 0.3) is 5.91 Å². The van der Waals surface area contributed by atoms with Gasteiger partial charge in [0.2, 0.25) is 0 Å². The van der Waals surface area contributed by atoms with Gasteiger partial charge in [-0.15, -0.1) is 0 Å². The van der Waals surface area contributed by atoms with Crippen LogP contribution in [0.4, 0.5) is 0 Å². The van der Waals surface area contributed by atoms with Crippen LogP contribution in [0.15, 0.2) is 24.3 Å². The number of ether oxygens (including phenoxy) is 1. The molecular formula is C14H17N3O3. The number of para-hydroxylation sites is 1. The molecule has 1 heterocycles. The Morgan fingerprint density at radius 2 is 2.10 bits per heavy atom. The van der Waals surface area contributed by atoms with Gasteiger partial charge in [0, 0.05) is 19.0 Å². The lowest BCUT2D eigenvalue weighted by atomic mass is 10.1. The molecule has 0 fully saturated rings. The van der Waals surface area contributed by atoms with E-state index in [1.54, 1.807) is 14.0 Å². The van der Waals surface area contributed by atoms with Crippen LogP contribution in [-0.4, -0.2) is 47.7 Å². The molecule has 6 heteroatoms. The Morgan fingerprint density at radius 1 is 1.40 bits per heavy atom. The number of nitrogens with zero attached hydrogens (tertiary/aromatic N) is 2. The molecule has 1 atom stereocenters. The number of benzene rings is 1. The second kappa shape index (κ2) is 5.73. The van der Waals surface area contributed by atoms with E-state index in [0.29, 0.717) is 5.69 Å². The molecule has 6 nitrogen and oxygen atoms in total.